The number of nitrogens with one attached hydrogen (secondary N) is 1. The average Bonchev–Trinajstić information content (AvgIpc) is 3.27. The number of imidazole rings is 1. The lowest BCUT2D eigenvalue weighted by Gasteiger charge is -2.06. The van der Waals surface area contributed by atoms with E-state index < -0.39 is 0 Å². The highest BCUT2D eigenvalue weighted by Crippen LogP contribution is 2.39. The summed E-state index contributed by atoms with van der Waals surface area (Å²) in [6.07, 6.45) is 0. The van der Waals surface area contributed by atoms with E-state index in [4.69, 9.17) is 28.2 Å². The molecule has 2 heterocycles. The van der Waals surface area contributed by atoms with Gasteiger partial charge in [0.25, 0.3) is 0 Å². The molecule has 0 atom stereocenters. The number of halogens is 2. The summed E-state index contributed by atoms with van der Waals surface area (Å²) in [6.45, 7) is 0. The number of nitrogens with zero attached hydrogens (tertiary/aromatic N) is 1. The molecule has 0 radical (unpaired) electrons. The Kier molecular flexibility index (Phi) is 4.15. The lowest BCUT2D eigenvalue weighted by molar-refractivity contribution is 1.33. The molecule has 0 saturated heterocycles. The van der Waals surface area contributed by atoms with Crippen molar-refractivity contribution < 1.29 is 0 Å². The average molecular weight is 371 g/mol. The summed E-state index contributed by atoms with van der Waals surface area (Å²) in [5.41, 5.74) is 3.61. The molecule has 1 N–H and O–H groups in total. The van der Waals surface area contributed by atoms with Crippen molar-refractivity contribution in [2.24, 2.45) is 0 Å². The topological polar surface area (TPSA) is 28.7 Å². The molecule has 2 aromatic carbocycles. The third-order valence-corrected chi connectivity index (χ3v) is 5.42. The molecule has 2 nitrogen and oxygen atoms in total. The van der Waals surface area contributed by atoms with Crippen molar-refractivity contribution in [1.29, 1.82) is 0 Å². The summed E-state index contributed by atoms with van der Waals surface area (Å²) in [7, 11) is 0. The van der Waals surface area contributed by atoms with E-state index in [2.05, 4.69) is 4.98 Å². The molecule has 0 spiro atoms. The zero-order chi connectivity index (χ0) is 16.5. The van der Waals surface area contributed by atoms with Crippen molar-refractivity contribution in [1.82, 2.24) is 9.97 Å². The van der Waals surface area contributed by atoms with Crippen LogP contribution in [0, 0.1) is 0 Å². The molecule has 4 aromatic rings. The fourth-order valence-electron chi connectivity index (χ4n) is 2.60. The van der Waals surface area contributed by atoms with Gasteiger partial charge in [0.2, 0.25) is 0 Å². The first-order valence-electron chi connectivity index (χ1n) is 7.38. The Morgan fingerprint density at radius 2 is 1.71 bits per heavy atom. The van der Waals surface area contributed by atoms with E-state index in [0.717, 1.165) is 33.2 Å². The number of benzene rings is 2. The Labute approximate surface area is 153 Å². The van der Waals surface area contributed by atoms with Crippen molar-refractivity contribution in [2.45, 2.75) is 0 Å². The van der Waals surface area contributed by atoms with E-state index in [9.17, 15) is 0 Å². The van der Waals surface area contributed by atoms with E-state index >= 15 is 0 Å². The van der Waals surface area contributed by atoms with Gasteiger partial charge in [-0.15, -0.1) is 11.3 Å². The summed E-state index contributed by atoms with van der Waals surface area (Å²) >= 11 is 14.3. The van der Waals surface area contributed by atoms with E-state index in [1.807, 2.05) is 60.0 Å². The Bertz CT molecular complexity index is 976. The highest BCUT2D eigenvalue weighted by atomic mass is 35.5. The molecular formula is C19H12Cl2N2S. The van der Waals surface area contributed by atoms with Crippen LogP contribution in [0.2, 0.25) is 10.0 Å². The van der Waals surface area contributed by atoms with Gasteiger partial charge in [-0.1, -0.05) is 71.7 Å². The van der Waals surface area contributed by atoms with Crippen molar-refractivity contribution in [2.75, 3.05) is 0 Å². The van der Waals surface area contributed by atoms with Crippen LogP contribution in [0.15, 0.2) is 66.0 Å². The zero-order valence-corrected chi connectivity index (χ0v) is 14.8. The molecule has 0 amide bonds. The first-order valence-corrected chi connectivity index (χ1v) is 9.01. The summed E-state index contributed by atoms with van der Waals surface area (Å²) in [4.78, 5) is 9.34. The molecule has 0 fully saturated rings. The minimum Gasteiger partial charge on any atom is -0.337 e. The third-order valence-electron chi connectivity index (χ3n) is 3.73. The lowest BCUT2D eigenvalue weighted by atomic mass is 10.1. The predicted octanol–water partition coefficient (Wildman–Crippen LogP) is 6.78. The van der Waals surface area contributed by atoms with Gasteiger partial charge in [0.15, 0.2) is 0 Å². The standard InChI is InChI=1S/C19H12Cl2N2S/c20-14-9-4-8-13(16(14)21)18-17(12-6-2-1-3-7-12)22-19(23-18)15-10-5-11-24-15/h1-11H,(H,22,23). The summed E-state index contributed by atoms with van der Waals surface area (Å²) in [5, 5.41) is 3.07. The molecule has 0 saturated carbocycles. The smallest absolute Gasteiger partial charge is 0.148 e. The molecule has 0 aliphatic heterocycles. The fraction of sp³-hybridized carbons (Fsp3) is 0. The van der Waals surface area contributed by atoms with Gasteiger partial charge in [-0.25, -0.2) is 4.98 Å². The van der Waals surface area contributed by atoms with Gasteiger partial charge in [-0.05, 0) is 17.5 Å². The highest BCUT2D eigenvalue weighted by Gasteiger charge is 2.18. The van der Waals surface area contributed by atoms with Crippen molar-refractivity contribution in [3.63, 3.8) is 0 Å². The largest absolute Gasteiger partial charge is 0.337 e. The second-order valence-corrected chi connectivity index (χ2v) is 6.99. The quantitative estimate of drug-likeness (QED) is 0.422. The van der Waals surface area contributed by atoms with E-state index in [-0.39, 0.29) is 0 Å². The maximum atomic E-state index is 6.44. The van der Waals surface area contributed by atoms with Crippen LogP contribution in [0.25, 0.3) is 33.2 Å². The normalized spacial score (nSPS) is 10.9. The van der Waals surface area contributed by atoms with Crippen molar-refractivity contribution in [3.8, 4) is 33.2 Å². The number of thiophene rings is 1. The van der Waals surface area contributed by atoms with Crippen LogP contribution in [-0.4, -0.2) is 9.97 Å². The van der Waals surface area contributed by atoms with Crippen LogP contribution in [0.4, 0.5) is 0 Å². The minimum absolute atomic E-state index is 0.514. The Balaban J connectivity index is 1.96. The Hall–Kier alpha value is -2.07. The maximum Gasteiger partial charge on any atom is 0.148 e. The Morgan fingerprint density at radius 1 is 0.875 bits per heavy atom. The number of hydrogen-bond donors (Lipinski definition) is 1. The molecule has 0 unspecified atom stereocenters. The highest BCUT2D eigenvalue weighted by molar-refractivity contribution is 7.13. The maximum absolute atomic E-state index is 6.44. The number of aromatic nitrogens is 2. The number of aromatic amines is 1. The van der Waals surface area contributed by atoms with Crippen LogP contribution in [0.5, 0.6) is 0 Å². The molecule has 0 aliphatic carbocycles. The van der Waals surface area contributed by atoms with Gasteiger partial charge in [0, 0.05) is 11.1 Å². The van der Waals surface area contributed by atoms with Crippen molar-refractivity contribution in [3.05, 3.63) is 76.1 Å². The summed E-state index contributed by atoms with van der Waals surface area (Å²) in [5.74, 6) is 0.829. The lowest BCUT2D eigenvalue weighted by Crippen LogP contribution is -1.85. The van der Waals surface area contributed by atoms with Crippen molar-refractivity contribution >= 4 is 34.5 Å². The van der Waals surface area contributed by atoms with Gasteiger partial charge < -0.3 is 4.98 Å². The fourth-order valence-corrected chi connectivity index (χ4v) is 3.66. The molecule has 2 aromatic heterocycles. The zero-order valence-electron chi connectivity index (χ0n) is 12.5. The predicted molar refractivity (Wildman–Crippen MR) is 103 cm³/mol. The van der Waals surface area contributed by atoms with E-state index in [1.54, 1.807) is 17.4 Å². The van der Waals surface area contributed by atoms with Crippen LogP contribution in [-0.2, 0) is 0 Å². The Morgan fingerprint density at radius 3 is 2.46 bits per heavy atom. The van der Waals surface area contributed by atoms with Crippen LogP contribution in [0.1, 0.15) is 0 Å². The first-order chi connectivity index (χ1) is 11.7. The second kappa shape index (κ2) is 6.44. The molecule has 0 aliphatic rings. The second-order valence-electron chi connectivity index (χ2n) is 5.25. The van der Waals surface area contributed by atoms with Gasteiger partial charge in [0.05, 0.1) is 26.3 Å². The van der Waals surface area contributed by atoms with Gasteiger partial charge in [0.1, 0.15) is 5.82 Å². The molecule has 4 rings (SSSR count). The molecular weight excluding hydrogens is 359 g/mol. The number of rotatable bonds is 3. The molecule has 5 heteroatoms. The van der Waals surface area contributed by atoms with Gasteiger partial charge >= 0.3 is 0 Å². The third kappa shape index (κ3) is 2.75. The minimum atomic E-state index is 0.514. The summed E-state index contributed by atoms with van der Waals surface area (Å²) in [6, 6.07) is 19.8. The molecule has 24 heavy (non-hydrogen) atoms. The van der Waals surface area contributed by atoms with Crippen LogP contribution < -0.4 is 0 Å². The van der Waals surface area contributed by atoms with Crippen LogP contribution in [0.3, 0.4) is 0 Å². The van der Waals surface area contributed by atoms with Crippen LogP contribution >= 0.6 is 34.5 Å². The SMILES string of the molecule is Clc1cccc(-c2nc(-c3cccs3)[nH]c2-c2ccccc2)c1Cl. The monoisotopic (exact) mass is 370 g/mol. The first kappa shape index (κ1) is 15.5. The van der Waals surface area contributed by atoms with E-state index in [0.29, 0.717) is 10.0 Å². The molecule has 118 valence electrons. The number of hydrogen-bond acceptors (Lipinski definition) is 2. The summed E-state index contributed by atoms with van der Waals surface area (Å²) < 4.78 is 0. The molecule has 0 bridgehead atoms. The van der Waals surface area contributed by atoms with Gasteiger partial charge in [-0.3, -0.25) is 0 Å². The van der Waals surface area contributed by atoms with E-state index in [1.165, 1.54) is 0 Å². The number of H-pyrrole nitrogens is 1. The van der Waals surface area contributed by atoms with Gasteiger partial charge in [-0.2, -0.15) is 0 Å².